The van der Waals surface area contributed by atoms with Crippen LogP contribution in [0.25, 0.3) is 0 Å². The van der Waals surface area contributed by atoms with Crippen LogP contribution in [0.2, 0.25) is 0 Å². The minimum Gasteiger partial charge on any atom is -0.505 e. The molecule has 0 saturated heterocycles. The monoisotopic (exact) mass is 485 g/mol. The van der Waals surface area contributed by atoms with Crippen molar-refractivity contribution >= 4 is 33.3 Å². The number of hydrogen-bond donors (Lipinski definition) is 4. The number of aromatic nitrogens is 1. The zero-order valence-electron chi connectivity index (χ0n) is 18.6. The van der Waals surface area contributed by atoms with E-state index < -0.39 is 32.1 Å². The number of sulfonamides is 1. The lowest BCUT2D eigenvalue weighted by Gasteiger charge is -2.14. The van der Waals surface area contributed by atoms with E-state index in [0.29, 0.717) is 22.5 Å². The van der Waals surface area contributed by atoms with E-state index in [0.717, 1.165) is 17.7 Å². The van der Waals surface area contributed by atoms with Crippen LogP contribution in [0.15, 0.2) is 52.6 Å². The summed E-state index contributed by atoms with van der Waals surface area (Å²) in [5, 5.41) is 34.9. The first-order valence-electron chi connectivity index (χ1n) is 9.99. The van der Waals surface area contributed by atoms with Crippen molar-refractivity contribution < 1.29 is 23.6 Å². The number of nitrogens with zero attached hydrogens (tertiary/aromatic N) is 3. The Kier molecular flexibility index (Phi) is 7.13. The standard InChI is InChI=1S/C22H23N5O6S/c1-13-4-6-19(14(2)8-13)26-34(32,33)21-9-17(27(30)31)5-7-20(21)25-24-11-18-16(12-28)10-23-15(3)22(18)29/h4-11,25-26,28-29H,12H2,1-3H3. The van der Waals surface area contributed by atoms with E-state index in [1.165, 1.54) is 18.5 Å². The molecule has 0 fully saturated rings. The van der Waals surface area contributed by atoms with Gasteiger partial charge in [-0.05, 0) is 38.5 Å². The van der Waals surface area contributed by atoms with Gasteiger partial charge in [0.1, 0.15) is 10.6 Å². The van der Waals surface area contributed by atoms with E-state index in [-0.39, 0.29) is 17.0 Å². The molecule has 0 radical (unpaired) electrons. The number of nitrogens with one attached hydrogen (secondary N) is 2. The van der Waals surface area contributed by atoms with Crippen LogP contribution in [0, 0.1) is 30.9 Å². The third kappa shape index (κ3) is 5.30. The van der Waals surface area contributed by atoms with Crippen LogP contribution in [-0.2, 0) is 16.6 Å². The summed E-state index contributed by atoms with van der Waals surface area (Å²) in [6.07, 6.45) is 2.58. The molecule has 0 aliphatic carbocycles. The van der Waals surface area contributed by atoms with Gasteiger partial charge in [-0.3, -0.25) is 25.2 Å². The summed E-state index contributed by atoms with van der Waals surface area (Å²) in [5.74, 6) is -0.190. The SMILES string of the molecule is Cc1ccc(NS(=O)(=O)c2cc([N+](=O)[O-])ccc2NN=Cc2c(CO)cnc(C)c2O)c(C)c1. The normalized spacial score (nSPS) is 11.5. The summed E-state index contributed by atoms with van der Waals surface area (Å²) >= 11 is 0. The van der Waals surface area contributed by atoms with Gasteiger partial charge in [-0.2, -0.15) is 5.10 Å². The van der Waals surface area contributed by atoms with Gasteiger partial charge in [-0.25, -0.2) is 8.42 Å². The Morgan fingerprint density at radius 1 is 1.15 bits per heavy atom. The summed E-state index contributed by atoms with van der Waals surface area (Å²) in [6, 6.07) is 8.44. The van der Waals surface area contributed by atoms with Gasteiger partial charge >= 0.3 is 0 Å². The Balaban J connectivity index is 2.00. The van der Waals surface area contributed by atoms with Crippen molar-refractivity contribution in [3.63, 3.8) is 0 Å². The third-order valence-electron chi connectivity index (χ3n) is 5.00. The van der Waals surface area contributed by atoms with E-state index >= 15 is 0 Å². The smallest absolute Gasteiger partial charge is 0.270 e. The van der Waals surface area contributed by atoms with Gasteiger partial charge in [-0.1, -0.05) is 17.7 Å². The molecule has 0 bridgehead atoms. The molecule has 4 N–H and O–H groups in total. The van der Waals surface area contributed by atoms with Gasteiger partial charge in [0.2, 0.25) is 0 Å². The van der Waals surface area contributed by atoms with Crippen molar-refractivity contribution in [2.45, 2.75) is 32.3 Å². The molecule has 11 nitrogen and oxygen atoms in total. The van der Waals surface area contributed by atoms with Gasteiger partial charge in [0.25, 0.3) is 15.7 Å². The van der Waals surface area contributed by atoms with E-state index in [1.54, 1.807) is 32.0 Å². The highest BCUT2D eigenvalue weighted by atomic mass is 32.2. The zero-order valence-corrected chi connectivity index (χ0v) is 19.4. The molecule has 3 rings (SSSR count). The van der Waals surface area contributed by atoms with Gasteiger partial charge < -0.3 is 10.2 Å². The lowest BCUT2D eigenvalue weighted by Crippen LogP contribution is -2.16. The lowest BCUT2D eigenvalue weighted by atomic mass is 10.1. The Morgan fingerprint density at radius 3 is 2.50 bits per heavy atom. The van der Waals surface area contributed by atoms with E-state index in [1.807, 2.05) is 6.92 Å². The van der Waals surface area contributed by atoms with E-state index in [9.17, 15) is 28.7 Å². The number of non-ortho nitro benzene ring substituents is 1. The molecular formula is C22H23N5O6S. The second-order valence-corrected chi connectivity index (χ2v) is 9.17. The molecule has 1 aromatic heterocycles. The number of aliphatic hydroxyl groups excluding tert-OH is 1. The average Bonchev–Trinajstić information content (AvgIpc) is 2.78. The highest BCUT2D eigenvalue weighted by Crippen LogP contribution is 2.29. The number of aromatic hydroxyl groups is 1. The van der Waals surface area contributed by atoms with Crippen LogP contribution in [0.4, 0.5) is 17.1 Å². The van der Waals surface area contributed by atoms with E-state index in [4.69, 9.17) is 0 Å². The Labute approximate surface area is 196 Å². The molecule has 3 aromatic rings. The number of aryl methyl sites for hydroxylation is 3. The number of nitro benzene ring substituents is 1. The fourth-order valence-corrected chi connectivity index (χ4v) is 4.46. The van der Waals surface area contributed by atoms with Crippen molar-refractivity contribution in [1.82, 2.24) is 4.98 Å². The molecule has 2 aromatic carbocycles. The van der Waals surface area contributed by atoms with Crippen molar-refractivity contribution in [3.8, 4) is 5.75 Å². The Bertz CT molecular complexity index is 1390. The lowest BCUT2D eigenvalue weighted by molar-refractivity contribution is -0.385. The van der Waals surface area contributed by atoms with Crippen molar-refractivity contribution in [2.24, 2.45) is 5.10 Å². The Hall–Kier alpha value is -4.03. The topological polar surface area (TPSA) is 167 Å². The van der Waals surface area contributed by atoms with Gasteiger partial charge in [0.05, 0.1) is 34.8 Å². The maximum atomic E-state index is 13.2. The van der Waals surface area contributed by atoms with Gasteiger partial charge in [-0.15, -0.1) is 0 Å². The maximum absolute atomic E-state index is 13.2. The molecule has 0 amide bonds. The molecule has 0 atom stereocenters. The van der Waals surface area contributed by atoms with Crippen molar-refractivity contribution in [1.29, 1.82) is 0 Å². The predicted molar refractivity (Wildman–Crippen MR) is 128 cm³/mol. The summed E-state index contributed by atoms with van der Waals surface area (Å²) in [7, 11) is -4.25. The number of pyridine rings is 1. The molecule has 178 valence electrons. The first kappa shape index (κ1) is 24.6. The minimum absolute atomic E-state index is 0.0325. The van der Waals surface area contributed by atoms with Crippen LogP contribution in [0.1, 0.15) is 27.9 Å². The molecular weight excluding hydrogens is 462 g/mol. The number of benzene rings is 2. The van der Waals surface area contributed by atoms with Crippen LogP contribution < -0.4 is 10.1 Å². The second kappa shape index (κ2) is 9.85. The first-order chi connectivity index (χ1) is 16.0. The quantitative estimate of drug-likeness (QED) is 0.214. The molecule has 0 unspecified atom stereocenters. The fraction of sp³-hybridized carbons (Fsp3) is 0.182. The largest absolute Gasteiger partial charge is 0.505 e. The van der Waals surface area contributed by atoms with Crippen LogP contribution in [0.3, 0.4) is 0 Å². The minimum atomic E-state index is -4.25. The fourth-order valence-electron chi connectivity index (χ4n) is 3.16. The number of hydrogen-bond acceptors (Lipinski definition) is 9. The average molecular weight is 486 g/mol. The third-order valence-corrected chi connectivity index (χ3v) is 6.40. The van der Waals surface area contributed by atoms with Crippen LogP contribution >= 0.6 is 0 Å². The summed E-state index contributed by atoms with van der Waals surface area (Å²) in [6.45, 7) is 4.78. The summed E-state index contributed by atoms with van der Waals surface area (Å²) < 4.78 is 28.8. The molecule has 0 saturated carbocycles. The number of nitro groups is 1. The molecule has 0 aliphatic heterocycles. The van der Waals surface area contributed by atoms with Crippen LogP contribution in [0.5, 0.6) is 5.75 Å². The number of rotatable bonds is 8. The van der Waals surface area contributed by atoms with E-state index in [2.05, 4.69) is 20.2 Å². The maximum Gasteiger partial charge on any atom is 0.270 e. The first-order valence-corrected chi connectivity index (χ1v) is 11.5. The number of anilines is 2. The van der Waals surface area contributed by atoms with Crippen molar-refractivity contribution in [2.75, 3.05) is 10.1 Å². The van der Waals surface area contributed by atoms with Gasteiger partial charge in [0.15, 0.2) is 0 Å². The molecule has 0 aliphatic rings. The summed E-state index contributed by atoms with van der Waals surface area (Å²) in [4.78, 5) is 14.1. The van der Waals surface area contributed by atoms with Crippen molar-refractivity contribution in [3.05, 3.63) is 80.7 Å². The van der Waals surface area contributed by atoms with Crippen LogP contribution in [-0.4, -0.2) is 34.8 Å². The molecule has 0 spiro atoms. The molecule has 34 heavy (non-hydrogen) atoms. The predicted octanol–water partition coefficient (Wildman–Crippen LogP) is 3.36. The highest BCUT2D eigenvalue weighted by molar-refractivity contribution is 7.92. The molecule has 1 heterocycles. The Morgan fingerprint density at radius 2 is 1.85 bits per heavy atom. The molecule has 12 heteroatoms. The van der Waals surface area contributed by atoms with Gasteiger partial charge in [0, 0.05) is 29.5 Å². The number of aliphatic hydroxyl groups is 1. The zero-order chi connectivity index (χ0) is 25.0. The number of hydrazone groups is 1. The highest BCUT2D eigenvalue weighted by Gasteiger charge is 2.23. The summed E-state index contributed by atoms with van der Waals surface area (Å²) in [5.41, 5.74) is 4.89. The second-order valence-electron chi connectivity index (χ2n) is 7.52.